The summed E-state index contributed by atoms with van der Waals surface area (Å²) in [7, 11) is 1.33. The third-order valence-electron chi connectivity index (χ3n) is 0.768. The van der Waals surface area contributed by atoms with Gasteiger partial charge in [0.25, 0.3) is 11.9 Å². The van der Waals surface area contributed by atoms with Crippen LogP contribution in [0.25, 0.3) is 0 Å². The number of carboxylic acid groups (broad SMARTS) is 1. The van der Waals surface area contributed by atoms with Gasteiger partial charge in [-0.1, -0.05) is 6.58 Å². The zero-order valence-electron chi connectivity index (χ0n) is 8.38. The van der Waals surface area contributed by atoms with Crippen molar-refractivity contribution in [2.75, 3.05) is 7.05 Å². The second kappa shape index (κ2) is 11.7. The van der Waals surface area contributed by atoms with E-state index >= 15 is 0 Å². The Balaban J connectivity index is -0.000000292. The van der Waals surface area contributed by atoms with E-state index < -0.39 is 11.9 Å². The lowest BCUT2D eigenvalue weighted by molar-refractivity contribution is -0.264. The first-order chi connectivity index (χ1) is 6.84. The first kappa shape index (κ1) is 20.1. The largest absolute Gasteiger partial charge is 0.481 e. The summed E-state index contributed by atoms with van der Waals surface area (Å²) in [5.74, 6) is -1.97. The van der Waals surface area contributed by atoms with Crippen molar-refractivity contribution in [2.45, 2.75) is 6.92 Å². The molecule has 9 heteroatoms. The zero-order valence-corrected chi connectivity index (χ0v) is 8.38. The fourth-order valence-electron chi connectivity index (χ4n) is 0.255. The average molecular weight is 246 g/mol. The van der Waals surface area contributed by atoms with Crippen molar-refractivity contribution in [2.24, 2.45) is 10.7 Å². The Hall–Kier alpha value is -1.32. The van der Waals surface area contributed by atoms with Crippen LogP contribution in [-0.2, 0) is 14.4 Å². The van der Waals surface area contributed by atoms with Crippen molar-refractivity contribution in [1.29, 1.82) is 0 Å². The minimum Gasteiger partial charge on any atom is -0.481 e. The Morgan fingerprint density at radius 1 is 1.56 bits per heavy atom. The quantitative estimate of drug-likeness (QED) is 0.168. The van der Waals surface area contributed by atoms with Gasteiger partial charge < -0.3 is 15.7 Å². The fourth-order valence-corrected chi connectivity index (χ4v) is 0.255. The van der Waals surface area contributed by atoms with E-state index in [2.05, 4.69) is 16.4 Å². The Bertz CT molecular complexity index is 265. The van der Waals surface area contributed by atoms with Crippen molar-refractivity contribution < 1.29 is 24.7 Å². The molecule has 0 aromatic carbocycles. The number of hydrogen-bond donors (Lipinski definition) is 3. The van der Waals surface area contributed by atoms with Crippen molar-refractivity contribution in [3.8, 4) is 0 Å². The van der Waals surface area contributed by atoms with E-state index in [0.717, 1.165) is 13.0 Å². The molecule has 8 nitrogen and oxygen atoms in total. The highest BCUT2D eigenvalue weighted by Gasteiger charge is 2.07. The van der Waals surface area contributed by atoms with Gasteiger partial charge in [0, 0.05) is 20.0 Å². The molecule has 0 amide bonds. The van der Waals surface area contributed by atoms with Crippen LogP contribution in [0.15, 0.2) is 17.6 Å². The summed E-state index contributed by atoms with van der Waals surface area (Å²) in [5.41, 5.74) is 5.03. The van der Waals surface area contributed by atoms with Gasteiger partial charge in [-0.3, -0.25) is 15.0 Å². The molecule has 90 valence electrons. The Morgan fingerprint density at radius 2 is 1.94 bits per heavy atom. The monoisotopic (exact) mass is 245 g/mol. The summed E-state index contributed by atoms with van der Waals surface area (Å²) in [6.07, 6.45) is 0.881. The summed E-state index contributed by atoms with van der Waals surface area (Å²) in [5, 5.41) is 16.2. The molecule has 0 radical (unpaired) electrons. The number of aliphatic carboxylic acids is 1. The molecule has 0 saturated carbocycles. The molecule has 0 aliphatic heterocycles. The van der Waals surface area contributed by atoms with Gasteiger partial charge in [0.05, 0.1) is 0 Å². The number of hydroxylamine groups is 2. The molecule has 0 aliphatic carbocycles. The lowest BCUT2D eigenvalue weighted by Crippen LogP contribution is -2.35. The van der Waals surface area contributed by atoms with E-state index in [9.17, 15) is 4.79 Å². The van der Waals surface area contributed by atoms with Crippen LogP contribution in [0.4, 0.5) is 0 Å². The van der Waals surface area contributed by atoms with E-state index in [-0.39, 0.29) is 34.2 Å². The molecule has 0 unspecified atom stereocenters. The van der Waals surface area contributed by atoms with Crippen LogP contribution >= 0.6 is 0 Å². The van der Waals surface area contributed by atoms with Gasteiger partial charge in [-0.25, -0.2) is 4.79 Å². The molecule has 4 N–H and O–H groups in total. The first-order valence-electron chi connectivity index (χ1n) is 3.60. The minimum atomic E-state index is -0.833. The Labute approximate surface area is 108 Å². The highest BCUT2D eigenvalue weighted by Crippen LogP contribution is 1.85. The van der Waals surface area contributed by atoms with E-state index in [1.807, 2.05) is 0 Å². The highest BCUT2D eigenvalue weighted by molar-refractivity contribution is 5.83. The number of nitrogens with two attached hydrogens (primary N) is 1. The normalized spacial score (nSPS) is 8.81. The third kappa shape index (κ3) is 15.2. The summed E-state index contributed by atoms with van der Waals surface area (Å²) >= 11 is 0. The van der Waals surface area contributed by atoms with Crippen LogP contribution < -0.4 is 5.73 Å². The molecule has 0 aliphatic rings. The number of nitrogens with zero attached hydrogens (tertiary/aromatic N) is 2. The number of rotatable bonds is 1. The molecule has 0 saturated heterocycles. The lowest BCUT2D eigenvalue weighted by atomic mass is 10.7. The molecule has 0 aromatic rings. The van der Waals surface area contributed by atoms with Gasteiger partial charge in [0.2, 0.25) is 0 Å². The highest BCUT2D eigenvalue weighted by atomic mass is 24.3. The van der Waals surface area contributed by atoms with Crippen LogP contribution in [0.5, 0.6) is 0 Å². The number of aliphatic imine (C=N–C) groups is 1. The molecule has 0 spiro atoms. The van der Waals surface area contributed by atoms with E-state index in [1.165, 1.54) is 7.05 Å². The Morgan fingerprint density at radius 3 is 2.19 bits per heavy atom. The van der Waals surface area contributed by atoms with Gasteiger partial charge in [-0.15, -0.1) is 0 Å². The molecule has 0 rings (SSSR count). The summed E-state index contributed by atoms with van der Waals surface area (Å²) in [6, 6.07) is 0. The maximum atomic E-state index is 10.4. The second-order valence-corrected chi connectivity index (χ2v) is 1.99. The second-order valence-electron chi connectivity index (χ2n) is 1.99. The summed E-state index contributed by atoms with van der Waals surface area (Å²) in [6.45, 7) is 4.19. The van der Waals surface area contributed by atoms with Crippen molar-refractivity contribution in [3.05, 3.63) is 12.7 Å². The van der Waals surface area contributed by atoms with Crippen molar-refractivity contribution in [1.82, 2.24) is 5.23 Å². The standard InChI is InChI=1S/C5H9N3O3.C2H4O2.Mg.2H/c1-3-4(9)11-8(10)5(6)7-2;1-2(3)4;;;/h3,10H,1H2,2H3,(H2,6,7);1H3,(H,3,4);;;. The smallest absolute Gasteiger partial charge is 0.358 e. The average Bonchev–Trinajstić information content (AvgIpc) is 2.15. The van der Waals surface area contributed by atoms with Gasteiger partial charge in [0.15, 0.2) is 0 Å². The van der Waals surface area contributed by atoms with Crippen LogP contribution in [0.2, 0.25) is 0 Å². The molecular formula is C7H15MgN3O5. The number of carboxylic acids is 1. The molecule has 0 heterocycles. The van der Waals surface area contributed by atoms with Crippen molar-refractivity contribution >= 4 is 41.0 Å². The lowest BCUT2D eigenvalue weighted by Gasteiger charge is -2.11. The summed E-state index contributed by atoms with van der Waals surface area (Å²) < 4.78 is 0. The third-order valence-corrected chi connectivity index (χ3v) is 0.768. The van der Waals surface area contributed by atoms with Crippen LogP contribution in [0.3, 0.4) is 0 Å². The van der Waals surface area contributed by atoms with Crippen LogP contribution in [0, 0.1) is 0 Å². The molecule has 0 fully saturated rings. The maximum absolute atomic E-state index is 10.4. The van der Waals surface area contributed by atoms with Gasteiger partial charge in [0.1, 0.15) is 0 Å². The van der Waals surface area contributed by atoms with E-state index in [1.54, 1.807) is 0 Å². The number of carbonyl (C=O) groups is 2. The number of carbonyl (C=O) groups excluding carboxylic acids is 1. The molecular weight excluding hydrogens is 230 g/mol. The minimum absolute atomic E-state index is 0. The summed E-state index contributed by atoms with van der Waals surface area (Å²) in [4.78, 5) is 26.9. The molecule has 0 bridgehead atoms. The molecule has 0 aromatic heterocycles. The predicted molar refractivity (Wildman–Crippen MR) is 59.3 cm³/mol. The Kier molecular flexibility index (Phi) is 14.8. The van der Waals surface area contributed by atoms with E-state index in [0.29, 0.717) is 0 Å². The van der Waals surface area contributed by atoms with Crippen LogP contribution in [-0.4, -0.2) is 63.5 Å². The van der Waals surface area contributed by atoms with Gasteiger partial charge >= 0.3 is 29.0 Å². The van der Waals surface area contributed by atoms with Gasteiger partial charge in [-0.05, 0) is 5.23 Å². The van der Waals surface area contributed by atoms with Crippen LogP contribution in [0.1, 0.15) is 6.92 Å². The zero-order chi connectivity index (χ0) is 12.4. The topological polar surface area (TPSA) is 125 Å². The molecule has 0 atom stereocenters. The predicted octanol–water partition coefficient (Wildman–Crippen LogP) is -1.56. The van der Waals surface area contributed by atoms with Crippen molar-refractivity contribution in [3.63, 3.8) is 0 Å². The maximum Gasteiger partial charge on any atom is 0.358 e. The van der Waals surface area contributed by atoms with E-state index in [4.69, 9.17) is 20.8 Å². The fraction of sp³-hybridized carbons (Fsp3) is 0.286. The number of guanidine groups is 1. The first-order valence-corrected chi connectivity index (χ1v) is 3.60. The molecule has 16 heavy (non-hydrogen) atoms. The SMILES string of the molecule is C=CC(=O)ON(O)C(N)=NC.CC(=O)O.[MgH2]. The van der Waals surface area contributed by atoms with Gasteiger partial charge in [-0.2, -0.15) is 0 Å². The number of hydrogen-bond acceptors (Lipinski definition) is 5.